The molecular weight excluding hydrogens is 236 g/mol. The Hall–Kier alpha value is -2.83. The highest BCUT2D eigenvalue weighted by atomic mass is 16.4. The number of carbonyl (C=O) groups excluding carboxylic acids is 1. The van der Waals surface area contributed by atoms with Crippen LogP contribution in [0.5, 0.6) is 0 Å². The molecule has 5 N–H and O–H groups in total. The summed E-state index contributed by atoms with van der Waals surface area (Å²) >= 11 is 0. The number of aromatic nitrogens is 2. The van der Waals surface area contributed by atoms with E-state index >= 15 is 0 Å². The SMILES string of the molecule is NC(=O)c1ccn(-c2ccc(N)c(C(=O)O)c2)n1. The van der Waals surface area contributed by atoms with Crippen LogP contribution in [0.3, 0.4) is 0 Å². The molecule has 18 heavy (non-hydrogen) atoms. The number of amides is 1. The van der Waals surface area contributed by atoms with Gasteiger partial charge in [-0.15, -0.1) is 0 Å². The molecule has 2 rings (SSSR count). The number of hydrogen-bond donors (Lipinski definition) is 3. The van der Waals surface area contributed by atoms with Gasteiger partial charge in [0.05, 0.1) is 11.3 Å². The molecule has 1 aromatic carbocycles. The van der Waals surface area contributed by atoms with Crippen molar-refractivity contribution in [1.29, 1.82) is 0 Å². The molecule has 1 amide bonds. The van der Waals surface area contributed by atoms with Crippen molar-refractivity contribution < 1.29 is 14.7 Å². The van der Waals surface area contributed by atoms with Crippen molar-refractivity contribution in [3.05, 3.63) is 41.7 Å². The molecule has 0 bridgehead atoms. The number of nitrogen functional groups attached to an aromatic ring is 1. The molecule has 0 saturated carbocycles. The minimum atomic E-state index is -1.13. The minimum Gasteiger partial charge on any atom is -0.478 e. The van der Waals surface area contributed by atoms with Gasteiger partial charge in [0.2, 0.25) is 0 Å². The molecule has 0 unspecified atom stereocenters. The van der Waals surface area contributed by atoms with E-state index in [1.807, 2.05) is 0 Å². The summed E-state index contributed by atoms with van der Waals surface area (Å²) in [5, 5.41) is 12.9. The van der Waals surface area contributed by atoms with Crippen LogP contribution in [-0.4, -0.2) is 26.8 Å². The highest BCUT2D eigenvalue weighted by Crippen LogP contribution is 2.17. The number of carboxylic acids is 1. The van der Waals surface area contributed by atoms with Crippen molar-refractivity contribution in [2.75, 3.05) is 5.73 Å². The van der Waals surface area contributed by atoms with Gasteiger partial charge in [-0.2, -0.15) is 5.10 Å². The summed E-state index contributed by atoms with van der Waals surface area (Å²) in [7, 11) is 0. The number of aromatic carboxylic acids is 1. The van der Waals surface area contributed by atoms with Crippen LogP contribution in [0.15, 0.2) is 30.5 Å². The maximum atomic E-state index is 10.9. The quantitative estimate of drug-likeness (QED) is 0.669. The fourth-order valence-corrected chi connectivity index (χ4v) is 1.47. The van der Waals surface area contributed by atoms with Crippen LogP contribution in [0.2, 0.25) is 0 Å². The number of carboxylic acid groups (broad SMARTS) is 1. The Kier molecular flexibility index (Phi) is 2.72. The van der Waals surface area contributed by atoms with Crippen molar-refractivity contribution in [3.63, 3.8) is 0 Å². The zero-order chi connectivity index (χ0) is 13.3. The number of primary amides is 1. The lowest BCUT2D eigenvalue weighted by atomic mass is 10.1. The van der Waals surface area contributed by atoms with Crippen LogP contribution in [0.25, 0.3) is 5.69 Å². The number of hydrogen-bond acceptors (Lipinski definition) is 4. The van der Waals surface area contributed by atoms with E-state index in [0.29, 0.717) is 5.69 Å². The molecule has 0 aliphatic carbocycles. The van der Waals surface area contributed by atoms with Gasteiger partial charge >= 0.3 is 5.97 Å². The van der Waals surface area contributed by atoms with Crippen molar-refractivity contribution in [2.45, 2.75) is 0 Å². The summed E-state index contributed by atoms with van der Waals surface area (Å²) in [6, 6.07) is 5.87. The Labute approximate surface area is 102 Å². The third-order valence-corrected chi connectivity index (χ3v) is 2.37. The molecule has 0 atom stereocenters. The van der Waals surface area contributed by atoms with Crippen molar-refractivity contribution in [3.8, 4) is 5.69 Å². The molecule has 0 aliphatic rings. The average molecular weight is 246 g/mol. The smallest absolute Gasteiger partial charge is 0.337 e. The highest BCUT2D eigenvalue weighted by molar-refractivity contribution is 5.94. The lowest BCUT2D eigenvalue weighted by Gasteiger charge is -2.05. The largest absolute Gasteiger partial charge is 0.478 e. The molecule has 0 saturated heterocycles. The number of benzene rings is 1. The van der Waals surface area contributed by atoms with Crippen LogP contribution < -0.4 is 11.5 Å². The second-order valence-corrected chi connectivity index (χ2v) is 3.59. The first-order valence-corrected chi connectivity index (χ1v) is 4.97. The van der Waals surface area contributed by atoms with E-state index < -0.39 is 11.9 Å². The summed E-state index contributed by atoms with van der Waals surface area (Å²) in [6.07, 6.45) is 1.51. The van der Waals surface area contributed by atoms with E-state index in [4.69, 9.17) is 16.6 Å². The molecule has 7 nitrogen and oxygen atoms in total. The van der Waals surface area contributed by atoms with E-state index in [9.17, 15) is 9.59 Å². The fourth-order valence-electron chi connectivity index (χ4n) is 1.47. The van der Waals surface area contributed by atoms with Gasteiger partial charge in [-0.1, -0.05) is 0 Å². The van der Waals surface area contributed by atoms with Gasteiger partial charge in [0.1, 0.15) is 5.69 Å². The number of nitrogens with zero attached hydrogens (tertiary/aromatic N) is 2. The van der Waals surface area contributed by atoms with Gasteiger partial charge in [-0.25, -0.2) is 9.48 Å². The number of nitrogens with two attached hydrogens (primary N) is 2. The lowest BCUT2D eigenvalue weighted by molar-refractivity contribution is 0.0697. The molecule has 1 heterocycles. The lowest BCUT2D eigenvalue weighted by Crippen LogP contribution is -2.12. The van der Waals surface area contributed by atoms with E-state index in [-0.39, 0.29) is 16.9 Å². The van der Waals surface area contributed by atoms with Gasteiger partial charge in [0.25, 0.3) is 5.91 Å². The first-order chi connectivity index (χ1) is 8.49. The van der Waals surface area contributed by atoms with E-state index in [1.165, 1.54) is 29.1 Å². The summed E-state index contributed by atoms with van der Waals surface area (Å²) in [6.45, 7) is 0. The Morgan fingerprint density at radius 3 is 2.56 bits per heavy atom. The van der Waals surface area contributed by atoms with Crippen molar-refractivity contribution >= 4 is 17.6 Å². The third kappa shape index (κ3) is 2.01. The first-order valence-electron chi connectivity index (χ1n) is 4.97. The standard InChI is InChI=1S/C11H10N4O3/c12-8-2-1-6(5-7(8)11(17)18)15-4-3-9(14-15)10(13)16/h1-5H,12H2,(H2,13,16)(H,17,18). The predicted octanol–water partition coefficient (Wildman–Crippen LogP) is 0.252. The first kappa shape index (κ1) is 11.6. The van der Waals surface area contributed by atoms with Gasteiger partial charge in [0, 0.05) is 11.9 Å². The van der Waals surface area contributed by atoms with Gasteiger partial charge in [-0.05, 0) is 24.3 Å². The zero-order valence-corrected chi connectivity index (χ0v) is 9.20. The summed E-state index contributed by atoms with van der Waals surface area (Å²) < 4.78 is 1.35. The molecule has 92 valence electrons. The molecule has 2 aromatic rings. The second-order valence-electron chi connectivity index (χ2n) is 3.59. The van der Waals surface area contributed by atoms with Gasteiger partial charge < -0.3 is 16.6 Å². The molecule has 0 fully saturated rings. The Bertz CT molecular complexity index is 633. The zero-order valence-electron chi connectivity index (χ0n) is 9.20. The van der Waals surface area contributed by atoms with Crippen molar-refractivity contribution in [2.24, 2.45) is 5.73 Å². The molecule has 7 heteroatoms. The Balaban J connectivity index is 2.47. The average Bonchev–Trinajstić information content (AvgIpc) is 2.78. The Morgan fingerprint density at radius 1 is 1.28 bits per heavy atom. The van der Waals surface area contributed by atoms with Crippen LogP contribution >= 0.6 is 0 Å². The van der Waals surface area contributed by atoms with Crippen LogP contribution in [0.1, 0.15) is 20.8 Å². The number of carbonyl (C=O) groups is 2. The third-order valence-electron chi connectivity index (χ3n) is 2.37. The Morgan fingerprint density at radius 2 is 2.00 bits per heavy atom. The molecule has 0 aliphatic heterocycles. The van der Waals surface area contributed by atoms with Gasteiger partial charge in [-0.3, -0.25) is 4.79 Å². The highest BCUT2D eigenvalue weighted by Gasteiger charge is 2.11. The monoisotopic (exact) mass is 246 g/mol. The van der Waals surface area contributed by atoms with Gasteiger partial charge in [0.15, 0.2) is 0 Å². The fraction of sp³-hybridized carbons (Fsp3) is 0. The molecule has 0 radical (unpaired) electrons. The molecular formula is C11H10N4O3. The molecule has 1 aromatic heterocycles. The number of anilines is 1. The normalized spacial score (nSPS) is 10.2. The van der Waals surface area contributed by atoms with Crippen LogP contribution in [0.4, 0.5) is 5.69 Å². The summed E-state index contributed by atoms with van der Waals surface area (Å²) in [5.41, 5.74) is 11.3. The molecule has 0 spiro atoms. The summed E-state index contributed by atoms with van der Waals surface area (Å²) in [4.78, 5) is 21.8. The van der Waals surface area contributed by atoms with E-state index in [1.54, 1.807) is 6.07 Å². The maximum Gasteiger partial charge on any atom is 0.337 e. The minimum absolute atomic E-state index is 0.0244. The predicted molar refractivity (Wildman–Crippen MR) is 63.5 cm³/mol. The second kappa shape index (κ2) is 4.21. The maximum absolute atomic E-state index is 10.9. The van der Waals surface area contributed by atoms with Crippen molar-refractivity contribution in [1.82, 2.24) is 9.78 Å². The van der Waals surface area contributed by atoms with Crippen LogP contribution in [0, 0.1) is 0 Å². The summed E-state index contributed by atoms with van der Waals surface area (Å²) in [5.74, 6) is -1.78. The van der Waals surface area contributed by atoms with E-state index in [2.05, 4.69) is 5.10 Å². The number of rotatable bonds is 3. The van der Waals surface area contributed by atoms with Crippen LogP contribution in [-0.2, 0) is 0 Å². The van der Waals surface area contributed by atoms with E-state index in [0.717, 1.165) is 0 Å². The topological polar surface area (TPSA) is 124 Å².